The minimum atomic E-state index is -0.515. The molecule has 5 heteroatoms. The third kappa shape index (κ3) is 3.19. The molecular formula is C9H9ClFN3. The highest BCUT2D eigenvalue weighted by molar-refractivity contribution is 6.28. The van der Waals surface area contributed by atoms with Crippen molar-refractivity contribution in [2.75, 3.05) is 11.9 Å². The molecule has 0 saturated carbocycles. The molecule has 1 aromatic heterocycles. The molecule has 0 fully saturated rings. The summed E-state index contributed by atoms with van der Waals surface area (Å²) >= 11 is 5.50. The van der Waals surface area contributed by atoms with Gasteiger partial charge in [-0.2, -0.15) is 4.98 Å². The molecule has 0 spiro atoms. The van der Waals surface area contributed by atoms with Gasteiger partial charge in [0, 0.05) is 13.0 Å². The van der Waals surface area contributed by atoms with Crippen molar-refractivity contribution in [2.45, 2.75) is 13.3 Å². The van der Waals surface area contributed by atoms with Crippen LogP contribution in [0.1, 0.15) is 13.3 Å². The van der Waals surface area contributed by atoms with Gasteiger partial charge in [-0.05, 0) is 18.5 Å². The van der Waals surface area contributed by atoms with Crippen molar-refractivity contribution in [3.63, 3.8) is 0 Å². The van der Waals surface area contributed by atoms with Gasteiger partial charge >= 0.3 is 0 Å². The zero-order valence-corrected chi connectivity index (χ0v) is 8.40. The summed E-state index contributed by atoms with van der Waals surface area (Å²) in [4.78, 5) is 7.19. The van der Waals surface area contributed by atoms with Gasteiger partial charge in [0.1, 0.15) is 0 Å². The van der Waals surface area contributed by atoms with Gasteiger partial charge in [-0.15, -0.1) is 11.8 Å². The van der Waals surface area contributed by atoms with Crippen LogP contribution >= 0.6 is 11.6 Å². The summed E-state index contributed by atoms with van der Waals surface area (Å²) in [5.41, 5.74) is 0. The van der Waals surface area contributed by atoms with Crippen molar-refractivity contribution in [1.29, 1.82) is 0 Å². The van der Waals surface area contributed by atoms with Crippen LogP contribution in [0.5, 0.6) is 0 Å². The molecule has 0 aliphatic carbocycles. The lowest BCUT2D eigenvalue weighted by atomic mass is 10.4. The fourth-order valence-corrected chi connectivity index (χ4v) is 0.971. The van der Waals surface area contributed by atoms with Crippen LogP contribution in [0.4, 0.5) is 10.2 Å². The Kier molecular flexibility index (Phi) is 4.14. The predicted octanol–water partition coefficient (Wildman–Crippen LogP) is 2.09. The van der Waals surface area contributed by atoms with E-state index in [4.69, 9.17) is 11.6 Å². The normalized spacial score (nSPS) is 9.07. The zero-order valence-electron chi connectivity index (χ0n) is 7.64. The third-order valence-corrected chi connectivity index (χ3v) is 1.62. The molecule has 0 atom stereocenters. The Morgan fingerprint density at radius 2 is 2.43 bits per heavy atom. The highest BCUT2D eigenvalue weighted by Crippen LogP contribution is 2.11. The first-order chi connectivity index (χ1) is 6.74. The molecule has 0 aromatic carbocycles. The Morgan fingerprint density at radius 1 is 1.64 bits per heavy atom. The second kappa shape index (κ2) is 5.40. The SMILES string of the molecule is CC#CCCNc1nc(Cl)ncc1F. The molecule has 0 aliphatic rings. The summed E-state index contributed by atoms with van der Waals surface area (Å²) in [6, 6.07) is 0. The number of aromatic nitrogens is 2. The highest BCUT2D eigenvalue weighted by atomic mass is 35.5. The van der Waals surface area contributed by atoms with Gasteiger partial charge in [0.2, 0.25) is 5.28 Å². The second-order valence-corrected chi connectivity index (χ2v) is 2.78. The van der Waals surface area contributed by atoms with Crippen molar-refractivity contribution < 1.29 is 4.39 Å². The standard InChI is InChI=1S/C9H9ClFN3/c1-2-3-4-5-12-8-7(11)6-13-9(10)14-8/h6H,4-5H2,1H3,(H,12,13,14). The van der Waals surface area contributed by atoms with Crippen LogP contribution in [0.2, 0.25) is 5.28 Å². The summed E-state index contributed by atoms with van der Waals surface area (Å²) in [5, 5.41) is 2.80. The summed E-state index contributed by atoms with van der Waals surface area (Å²) in [7, 11) is 0. The first-order valence-electron chi connectivity index (χ1n) is 4.05. The highest BCUT2D eigenvalue weighted by Gasteiger charge is 2.03. The minimum Gasteiger partial charge on any atom is -0.367 e. The van der Waals surface area contributed by atoms with E-state index >= 15 is 0 Å². The molecule has 1 heterocycles. The van der Waals surface area contributed by atoms with E-state index in [-0.39, 0.29) is 11.1 Å². The Hall–Kier alpha value is -1.34. The van der Waals surface area contributed by atoms with Crippen LogP contribution in [0.3, 0.4) is 0 Å². The van der Waals surface area contributed by atoms with Crippen LogP contribution in [-0.2, 0) is 0 Å². The first kappa shape index (κ1) is 10.7. The third-order valence-electron chi connectivity index (χ3n) is 1.43. The molecule has 0 aliphatic heterocycles. The maximum Gasteiger partial charge on any atom is 0.224 e. The number of hydrogen-bond acceptors (Lipinski definition) is 3. The van der Waals surface area contributed by atoms with Gasteiger partial charge in [0.05, 0.1) is 6.20 Å². The Morgan fingerprint density at radius 3 is 3.14 bits per heavy atom. The number of halogens is 2. The fourth-order valence-electron chi connectivity index (χ4n) is 0.838. The molecule has 0 saturated heterocycles. The molecule has 1 rings (SSSR count). The Labute approximate surface area is 86.7 Å². The number of nitrogens with zero attached hydrogens (tertiary/aromatic N) is 2. The van der Waals surface area contributed by atoms with Crippen LogP contribution in [0.15, 0.2) is 6.20 Å². The molecule has 74 valence electrons. The van der Waals surface area contributed by atoms with Crippen molar-refractivity contribution in [1.82, 2.24) is 9.97 Å². The molecule has 1 N–H and O–H groups in total. The first-order valence-corrected chi connectivity index (χ1v) is 4.43. The summed E-state index contributed by atoms with van der Waals surface area (Å²) < 4.78 is 13.0. The smallest absolute Gasteiger partial charge is 0.224 e. The summed E-state index contributed by atoms with van der Waals surface area (Å²) in [5.74, 6) is 5.18. The van der Waals surface area contributed by atoms with E-state index in [9.17, 15) is 4.39 Å². The van der Waals surface area contributed by atoms with E-state index in [0.717, 1.165) is 6.20 Å². The summed E-state index contributed by atoms with van der Waals surface area (Å²) in [6.45, 7) is 2.28. The molecule has 14 heavy (non-hydrogen) atoms. The molecule has 0 amide bonds. The lowest BCUT2D eigenvalue weighted by Crippen LogP contribution is -2.05. The van der Waals surface area contributed by atoms with Crippen molar-refractivity contribution in [2.24, 2.45) is 0 Å². The maximum atomic E-state index is 13.0. The lowest BCUT2D eigenvalue weighted by molar-refractivity contribution is 0.617. The van der Waals surface area contributed by atoms with E-state index in [2.05, 4.69) is 27.1 Å². The average molecular weight is 214 g/mol. The number of nitrogens with one attached hydrogen (secondary N) is 1. The fraction of sp³-hybridized carbons (Fsp3) is 0.333. The average Bonchev–Trinajstić information content (AvgIpc) is 2.18. The van der Waals surface area contributed by atoms with E-state index in [0.29, 0.717) is 13.0 Å². The predicted molar refractivity (Wildman–Crippen MR) is 53.6 cm³/mol. The van der Waals surface area contributed by atoms with Crippen LogP contribution in [-0.4, -0.2) is 16.5 Å². The van der Waals surface area contributed by atoms with E-state index in [1.165, 1.54) is 0 Å². The molecule has 0 unspecified atom stereocenters. The number of anilines is 1. The molecular weight excluding hydrogens is 205 g/mol. The van der Waals surface area contributed by atoms with Crippen LogP contribution in [0.25, 0.3) is 0 Å². The number of hydrogen-bond donors (Lipinski definition) is 1. The molecule has 3 nitrogen and oxygen atoms in total. The van der Waals surface area contributed by atoms with Gasteiger partial charge in [0.15, 0.2) is 11.6 Å². The van der Waals surface area contributed by atoms with Crippen LogP contribution < -0.4 is 5.32 Å². The maximum absolute atomic E-state index is 13.0. The van der Waals surface area contributed by atoms with E-state index < -0.39 is 5.82 Å². The molecule has 0 radical (unpaired) electrons. The van der Waals surface area contributed by atoms with Gasteiger partial charge in [-0.3, -0.25) is 0 Å². The Bertz CT molecular complexity index is 370. The molecule has 0 bridgehead atoms. The second-order valence-electron chi connectivity index (χ2n) is 2.44. The minimum absolute atomic E-state index is 0.0236. The van der Waals surface area contributed by atoms with E-state index in [1.807, 2.05) is 0 Å². The van der Waals surface area contributed by atoms with Gasteiger partial charge in [-0.25, -0.2) is 9.37 Å². The van der Waals surface area contributed by atoms with Gasteiger partial charge in [0.25, 0.3) is 0 Å². The van der Waals surface area contributed by atoms with Crippen LogP contribution in [0, 0.1) is 17.7 Å². The largest absolute Gasteiger partial charge is 0.367 e. The monoisotopic (exact) mass is 213 g/mol. The zero-order chi connectivity index (χ0) is 10.4. The van der Waals surface area contributed by atoms with Crippen molar-refractivity contribution in [3.05, 3.63) is 17.3 Å². The summed E-state index contributed by atoms with van der Waals surface area (Å²) in [6.07, 6.45) is 1.67. The van der Waals surface area contributed by atoms with E-state index in [1.54, 1.807) is 6.92 Å². The quantitative estimate of drug-likeness (QED) is 0.475. The van der Waals surface area contributed by atoms with Crippen molar-refractivity contribution in [3.8, 4) is 11.8 Å². The van der Waals surface area contributed by atoms with Gasteiger partial charge in [-0.1, -0.05) is 0 Å². The lowest BCUT2D eigenvalue weighted by Gasteiger charge is -2.03. The topological polar surface area (TPSA) is 37.8 Å². The van der Waals surface area contributed by atoms with Crippen molar-refractivity contribution >= 4 is 17.4 Å². The Balaban J connectivity index is 2.56. The number of rotatable bonds is 3. The van der Waals surface area contributed by atoms with Gasteiger partial charge < -0.3 is 5.32 Å². The molecule has 1 aromatic rings.